The highest BCUT2D eigenvalue weighted by molar-refractivity contribution is 7.99. The SMILES string of the molecule is C=CCn1c(SCC(=O)Nc2ccc(CC)cc2)nnc1-c1ccc(Cl)c(Cl)c1. The molecule has 3 rings (SSSR count). The number of carbonyl (C=O) groups excluding carboxylic acids is 1. The number of carbonyl (C=O) groups is 1. The molecule has 0 saturated heterocycles. The van der Waals surface area contributed by atoms with Crippen molar-refractivity contribution >= 4 is 46.6 Å². The number of allylic oxidation sites excluding steroid dienone is 1. The van der Waals surface area contributed by atoms with Crippen LogP contribution in [-0.4, -0.2) is 26.4 Å². The Bertz CT molecular complexity index is 1020. The monoisotopic (exact) mass is 446 g/mol. The lowest BCUT2D eigenvalue weighted by Gasteiger charge is -2.09. The Kier molecular flexibility index (Phi) is 7.36. The van der Waals surface area contributed by atoms with Gasteiger partial charge in [0.1, 0.15) is 0 Å². The van der Waals surface area contributed by atoms with Gasteiger partial charge in [-0.2, -0.15) is 0 Å². The Morgan fingerprint density at radius 1 is 1.17 bits per heavy atom. The van der Waals surface area contributed by atoms with Crippen molar-refractivity contribution in [3.63, 3.8) is 0 Å². The summed E-state index contributed by atoms with van der Waals surface area (Å²) < 4.78 is 1.89. The van der Waals surface area contributed by atoms with Crippen LogP contribution >= 0.6 is 35.0 Å². The second-order valence-corrected chi connectivity index (χ2v) is 7.98. The Morgan fingerprint density at radius 2 is 1.93 bits per heavy atom. The summed E-state index contributed by atoms with van der Waals surface area (Å²) in [5.41, 5.74) is 2.79. The first kappa shape index (κ1) is 21.4. The van der Waals surface area contributed by atoms with E-state index in [4.69, 9.17) is 23.2 Å². The number of anilines is 1. The van der Waals surface area contributed by atoms with Gasteiger partial charge in [0.25, 0.3) is 0 Å². The molecule has 0 spiro atoms. The van der Waals surface area contributed by atoms with Gasteiger partial charge in [-0.25, -0.2) is 0 Å². The maximum Gasteiger partial charge on any atom is 0.234 e. The van der Waals surface area contributed by atoms with Crippen LogP contribution in [0.2, 0.25) is 10.0 Å². The predicted molar refractivity (Wildman–Crippen MR) is 121 cm³/mol. The van der Waals surface area contributed by atoms with Gasteiger partial charge in [0, 0.05) is 17.8 Å². The number of nitrogens with zero attached hydrogens (tertiary/aromatic N) is 3. The highest BCUT2D eigenvalue weighted by Crippen LogP contribution is 2.29. The number of nitrogens with one attached hydrogen (secondary N) is 1. The Morgan fingerprint density at radius 3 is 2.59 bits per heavy atom. The zero-order chi connectivity index (χ0) is 20.8. The summed E-state index contributed by atoms with van der Waals surface area (Å²) in [4.78, 5) is 12.3. The first-order valence-electron chi connectivity index (χ1n) is 9.03. The average molecular weight is 447 g/mol. The molecule has 2 aromatic carbocycles. The van der Waals surface area contributed by atoms with E-state index < -0.39 is 0 Å². The van der Waals surface area contributed by atoms with Crippen molar-refractivity contribution in [2.45, 2.75) is 25.0 Å². The van der Waals surface area contributed by atoms with Gasteiger partial charge in [-0.1, -0.05) is 60.1 Å². The smallest absolute Gasteiger partial charge is 0.234 e. The number of halogens is 2. The Labute approximate surface area is 184 Å². The lowest BCUT2D eigenvalue weighted by molar-refractivity contribution is -0.113. The van der Waals surface area contributed by atoms with Crippen LogP contribution in [0.1, 0.15) is 12.5 Å². The van der Waals surface area contributed by atoms with E-state index >= 15 is 0 Å². The largest absolute Gasteiger partial charge is 0.325 e. The van der Waals surface area contributed by atoms with E-state index in [-0.39, 0.29) is 11.7 Å². The van der Waals surface area contributed by atoms with Gasteiger partial charge in [-0.15, -0.1) is 16.8 Å². The molecule has 5 nitrogen and oxygen atoms in total. The van der Waals surface area contributed by atoms with Crippen molar-refractivity contribution < 1.29 is 4.79 Å². The third-order valence-electron chi connectivity index (χ3n) is 4.18. The second-order valence-electron chi connectivity index (χ2n) is 6.22. The van der Waals surface area contributed by atoms with Crippen LogP contribution in [-0.2, 0) is 17.8 Å². The number of amides is 1. The average Bonchev–Trinajstić information content (AvgIpc) is 3.12. The van der Waals surface area contributed by atoms with E-state index in [0.717, 1.165) is 17.7 Å². The molecule has 0 aliphatic carbocycles. The van der Waals surface area contributed by atoms with E-state index in [1.54, 1.807) is 18.2 Å². The number of aromatic nitrogens is 3. The molecule has 0 fully saturated rings. The Balaban J connectivity index is 1.71. The topological polar surface area (TPSA) is 59.8 Å². The minimum atomic E-state index is -0.108. The summed E-state index contributed by atoms with van der Waals surface area (Å²) in [6.45, 7) is 6.39. The minimum absolute atomic E-state index is 0.108. The molecule has 3 aromatic rings. The van der Waals surface area contributed by atoms with Crippen molar-refractivity contribution in [3.8, 4) is 11.4 Å². The molecule has 29 heavy (non-hydrogen) atoms. The molecule has 1 heterocycles. The molecule has 8 heteroatoms. The molecule has 0 aliphatic heterocycles. The molecular formula is C21H20Cl2N4OS. The third kappa shape index (κ3) is 5.41. The summed E-state index contributed by atoms with van der Waals surface area (Å²) in [6, 6.07) is 13.1. The summed E-state index contributed by atoms with van der Waals surface area (Å²) in [7, 11) is 0. The third-order valence-corrected chi connectivity index (χ3v) is 5.89. The Hall–Kier alpha value is -2.28. The number of thioether (sulfide) groups is 1. The molecule has 0 unspecified atom stereocenters. The highest BCUT2D eigenvalue weighted by Gasteiger charge is 2.16. The molecular weight excluding hydrogens is 427 g/mol. The van der Waals surface area contributed by atoms with Crippen LogP contribution in [0, 0.1) is 0 Å². The maximum absolute atomic E-state index is 12.3. The zero-order valence-electron chi connectivity index (χ0n) is 15.9. The van der Waals surface area contributed by atoms with Crippen molar-refractivity contribution in [1.29, 1.82) is 0 Å². The van der Waals surface area contributed by atoms with Crippen molar-refractivity contribution in [3.05, 3.63) is 70.7 Å². The van der Waals surface area contributed by atoms with Gasteiger partial charge in [-0.3, -0.25) is 9.36 Å². The van der Waals surface area contributed by atoms with Crippen LogP contribution in [0.3, 0.4) is 0 Å². The molecule has 150 valence electrons. The summed E-state index contributed by atoms with van der Waals surface area (Å²) in [5.74, 6) is 0.747. The van der Waals surface area contributed by atoms with Gasteiger partial charge in [-0.05, 0) is 42.3 Å². The summed E-state index contributed by atoms with van der Waals surface area (Å²) >= 11 is 13.4. The predicted octanol–water partition coefficient (Wildman–Crippen LogP) is 5.73. The first-order valence-corrected chi connectivity index (χ1v) is 10.8. The van der Waals surface area contributed by atoms with E-state index in [1.807, 2.05) is 34.9 Å². The number of rotatable bonds is 8. The number of hydrogen-bond acceptors (Lipinski definition) is 4. The summed E-state index contributed by atoms with van der Waals surface area (Å²) in [6.07, 6.45) is 2.72. The van der Waals surface area contributed by atoms with Gasteiger partial charge in [0.15, 0.2) is 11.0 Å². The van der Waals surface area contributed by atoms with Gasteiger partial charge in [0.2, 0.25) is 5.91 Å². The van der Waals surface area contributed by atoms with E-state index in [9.17, 15) is 4.79 Å². The number of aryl methyl sites for hydroxylation is 1. The lowest BCUT2D eigenvalue weighted by atomic mass is 10.1. The highest BCUT2D eigenvalue weighted by atomic mass is 35.5. The van der Waals surface area contributed by atoms with E-state index in [1.165, 1.54) is 17.3 Å². The zero-order valence-corrected chi connectivity index (χ0v) is 18.2. The molecule has 0 radical (unpaired) electrons. The van der Waals surface area contributed by atoms with Crippen LogP contribution in [0.4, 0.5) is 5.69 Å². The van der Waals surface area contributed by atoms with E-state index in [2.05, 4.69) is 29.0 Å². The standard InChI is InChI=1S/C21H20Cl2N4OS/c1-3-11-27-20(15-7-10-17(22)18(23)12-15)25-26-21(27)29-13-19(28)24-16-8-5-14(4-2)6-9-16/h3,5-10,12H,1,4,11,13H2,2H3,(H,24,28). The quantitative estimate of drug-likeness (QED) is 0.354. The van der Waals surface area contributed by atoms with Gasteiger partial charge >= 0.3 is 0 Å². The molecule has 1 aromatic heterocycles. The van der Waals surface area contributed by atoms with Crippen LogP contribution in [0.15, 0.2) is 60.3 Å². The van der Waals surface area contributed by atoms with Gasteiger partial charge in [0.05, 0.1) is 15.8 Å². The number of hydrogen-bond donors (Lipinski definition) is 1. The molecule has 0 saturated carbocycles. The first-order chi connectivity index (χ1) is 14.0. The normalized spacial score (nSPS) is 10.7. The molecule has 1 amide bonds. The lowest BCUT2D eigenvalue weighted by Crippen LogP contribution is -2.14. The summed E-state index contributed by atoms with van der Waals surface area (Å²) in [5, 5.41) is 12.9. The van der Waals surface area contributed by atoms with Crippen LogP contribution < -0.4 is 5.32 Å². The fourth-order valence-electron chi connectivity index (χ4n) is 2.69. The van der Waals surface area contributed by atoms with Gasteiger partial charge < -0.3 is 5.32 Å². The fourth-order valence-corrected chi connectivity index (χ4v) is 3.73. The van der Waals surface area contributed by atoms with Crippen LogP contribution in [0.25, 0.3) is 11.4 Å². The van der Waals surface area contributed by atoms with E-state index in [0.29, 0.717) is 27.6 Å². The minimum Gasteiger partial charge on any atom is -0.325 e. The number of benzene rings is 2. The van der Waals surface area contributed by atoms with Crippen molar-refractivity contribution in [2.75, 3.05) is 11.1 Å². The van der Waals surface area contributed by atoms with Crippen molar-refractivity contribution in [1.82, 2.24) is 14.8 Å². The molecule has 0 aliphatic rings. The molecule has 0 atom stereocenters. The molecule has 1 N–H and O–H groups in total. The molecule has 0 bridgehead atoms. The van der Waals surface area contributed by atoms with Crippen molar-refractivity contribution in [2.24, 2.45) is 0 Å². The second kappa shape index (κ2) is 9.96. The fraction of sp³-hybridized carbons (Fsp3) is 0.190. The van der Waals surface area contributed by atoms with Crippen LogP contribution in [0.5, 0.6) is 0 Å². The maximum atomic E-state index is 12.3.